The van der Waals surface area contributed by atoms with Crippen LogP contribution >= 0.6 is 0 Å². The minimum atomic E-state index is 0.604. The highest BCUT2D eigenvalue weighted by molar-refractivity contribution is 5.25. The molecule has 4 nitrogen and oxygen atoms in total. The van der Waals surface area contributed by atoms with Gasteiger partial charge in [0.25, 0.3) is 0 Å². The van der Waals surface area contributed by atoms with Crippen LogP contribution in [0.3, 0.4) is 0 Å². The van der Waals surface area contributed by atoms with Gasteiger partial charge in [0, 0.05) is 31.5 Å². The van der Waals surface area contributed by atoms with Gasteiger partial charge in [-0.15, -0.1) is 0 Å². The molecule has 1 aromatic rings. The molecule has 2 rings (SSSR count). The summed E-state index contributed by atoms with van der Waals surface area (Å²) >= 11 is 0. The highest BCUT2D eigenvalue weighted by atomic mass is 16.5. The molecule has 18 heavy (non-hydrogen) atoms. The zero-order valence-electron chi connectivity index (χ0n) is 11.0. The molecule has 0 aliphatic carbocycles. The maximum atomic E-state index is 5.87. The quantitative estimate of drug-likeness (QED) is 0.838. The normalized spacial score (nSPS) is 16.7. The van der Waals surface area contributed by atoms with E-state index in [1.165, 1.54) is 0 Å². The first kappa shape index (κ1) is 13.3. The Morgan fingerprint density at radius 3 is 3.06 bits per heavy atom. The standard InChI is InChI=1S/C14H22N2O2/c1-2-15-10-13-4-3-7-16-14(13)18-11-12-5-8-17-9-6-12/h3-4,7,12,15H,2,5-6,8-11H2,1H3. The van der Waals surface area contributed by atoms with Gasteiger partial charge in [-0.3, -0.25) is 0 Å². The van der Waals surface area contributed by atoms with E-state index in [1.807, 2.05) is 6.07 Å². The van der Waals surface area contributed by atoms with Crippen LogP contribution in [-0.2, 0) is 11.3 Å². The SMILES string of the molecule is CCNCc1cccnc1OCC1CCOCC1. The van der Waals surface area contributed by atoms with Gasteiger partial charge in [-0.2, -0.15) is 0 Å². The third kappa shape index (κ3) is 3.96. The second-order valence-corrected chi connectivity index (χ2v) is 4.61. The molecule has 1 aromatic heterocycles. The molecule has 0 aromatic carbocycles. The van der Waals surface area contributed by atoms with Crippen LogP contribution in [0.4, 0.5) is 0 Å². The van der Waals surface area contributed by atoms with Gasteiger partial charge < -0.3 is 14.8 Å². The van der Waals surface area contributed by atoms with Gasteiger partial charge in [0.15, 0.2) is 0 Å². The lowest BCUT2D eigenvalue weighted by Gasteiger charge is -2.22. The van der Waals surface area contributed by atoms with Crippen molar-refractivity contribution in [1.82, 2.24) is 10.3 Å². The van der Waals surface area contributed by atoms with Gasteiger partial charge >= 0.3 is 0 Å². The number of nitrogens with one attached hydrogen (secondary N) is 1. The van der Waals surface area contributed by atoms with Crippen LogP contribution in [0.5, 0.6) is 5.88 Å². The van der Waals surface area contributed by atoms with Crippen LogP contribution in [0.25, 0.3) is 0 Å². The Morgan fingerprint density at radius 2 is 2.28 bits per heavy atom. The minimum absolute atomic E-state index is 0.604. The molecule has 100 valence electrons. The van der Waals surface area contributed by atoms with Crippen molar-refractivity contribution in [2.45, 2.75) is 26.3 Å². The smallest absolute Gasteiger partial charge is 0.217 e. The Balaban J connectivity index is 1.87. The summed E-state index contributed by atoms with van der Waals surface area (Å²) in [5.74, 6) is 1.37. The highest BCUT2D eigenvalue weighted by Gasteiger charge is 2.15. The predicted octanol–water partition coefficient (Wildman–Crippen LogP) is 2.00. The number of hydrogen-bond donors (Lipinski definition) is 1. The molecule has 1 fully saturated rings. The largest absolute Gasteiger partial charge is 0.477 e. The summed E-state index contributed by atoms with van der Waals surface area (Å²) in [6.07, 6.45) is 3.97. The molecule has 1 N–H and O–H groups in total. The third-order valence-electron chi connectivity index (χ3n) is 3.21. The fourth-order valence-corrected chi connectivity index (χ4v) is 2.06. The topological polar surface area (TPSA) is 43.4 Å². The lowest BCUT2D eigenvalue weighted by Crippen LogP contribution is -2.22. The van der Waals surface area contributed by atoms with Crippen molar-refractivity contribution >= 4 is 0 Å². The molecule has 1 aliphatic rings. The molecule has 1 aliphatic heterocycles. The van der Waals surface area contributed by atoms with E-state index >= 15 is 0 Å². The maximum Gasteiger partial charge on any atom is 0.217 e. The highest BCUT2D eigenvalue weighted by Crippen LogP contribution is 2.19. The van der Waals surface area contributed by atoms with E-state index in [4.69, 9.17) is 9.47 Å². The molecule has 0 amide bonds. The first-order valence-corrected chi connectivity index (χ1v) is 6.75. The zero-order valence-corrected chi connectivity index (χ0v) is 11.0. The Kier molecular flexibility index (Phi) is 5.42. The van der Waals surface area contributed by atoms with Gasteiger partial charge in [-0.25, -0.2) is 4.98 Å². The maximum absolute atomic E-state index is 5.87. The number of aromatic nitrogens is 1. The van der Waals surface area contributed by atoms with E-state index in [1.54, 1.807) is 6.20 Å². The Bertz CT molecular complexity index is 351. The van der Waals surface area contributed by atoms with Gasteiger partial charge in [0.05, 0.1) is 6.61 Å². The molecular formula is C14H22N2O2. The minimum Gasteiger partial charge on any atom is -0.477 e. The van der Waals surface area contributed by atoms with E-state index < -0.39 is 0 Å². The first-order chi connectivity index (χ1) is 8.90. The number of ether oxygens (including phenoxy) is 2. The monoisotopic (exact) mass is 250 g/mol. The Hall–Kier alpha value is -1.13. The molecule has 0 atom stereocenters. The molecule has 4 heteroatoms. The second kappa shape index (κ2) is 7.34. The zero-order chi connectivity index (χ0) is 12.6. The van der Waals surface area contributed by atoms with Crippen LogP contribution < -0.4 is 10.1 Å². The fourth-order valence-electron chi connectivity index (χ4n) is 2.06. The number of rotatable bonds is 6. The van der Waals surface area contributed by atoms with Crippen LogP contribution in [0, 0.1) is 5.92 Å². The lowest BCUT2D eigenvalue weighted by molar-refractivity contribution is 0.0488. The first-order valence-electron chi connectivity index (χ1n) is 6.75. The lowest BCUT2D eigenvalue weighted by atomic mass is 10.0. The van der Waals surface area contributed by atoms with Crippen molar-refractivity contribution in [3.8, 4) is 5.88 Å². The summed E-state index contributed by atoms with van der Waals surface area (Å²) in [5, 5.41) is 3.30. The summed E-state index contributed by atoms with van der Waals surface area (Å²) in [5.41, 5.74) is 1.13. The Labute approximate surface area is 109 Å². The van der Waals surface area contributed by atoms with E-state index in [-0.39, 0.29) is 0 Å². The number of nitrogens with zero attached hydrogens (tertiary/aromatic N) is 1. The molecule has 0 radical (unpaired) electrons. The van der Waals surface area contributed by atoms with E-state index in [9.17, 15) is 0 Å². The van der Waals surface area contributed by atoms with Crippen molar-refractivity contribution < 1.29 is 9.47 Å². The molecular weight excluding hydrogens is 228 g/mol. The summed E-state index contributed by atoms with van der Waals surface area (Å²) in [6.45, 7) is 6.33. The van der Waals surface area contributed by atoms with Crippen molar-refractivity contribution in [3.05, 3.63) is 23.9 Å². The average molecular weight is 250 g/mol. The molecule has 0 saturated carbocycles. The average Bonchev–Trinajstić information content (AvgIpc) is 2.45. The van der Waals surface area contributed by atoms with Crippen molar-refractivity contribution in [2.24, 2.45) is 5.92 Å². The van der Waals surface area contributed by atoms with E-state index in [0.29, 0.717) is 5.92 Å². The predicted molar refractivity (Wildman–Crippen MR) is 70.7 cm³/mol. The molecule has 2 heterocycles. The molecule has 0 unspecified atom stereocenters. The summed E-state index contributed by atoms with van der Waals surface area (Å²) in [7, 11) is 0. The van der Waals surface area contributed by atoms with Gasteiger partial charge in [0.1, 0.15) is 0 Å². The van der Waals surface area contributed by atoms with Crippen LogP contribution in [0.15, 0.2) is 18.3 Å². The summed E-state index contributed by atoms with van der Waals surface area (Å²) in [4.78, 5) is 4.32. The fraction of sp³-hybridized carbons (Fsp3) is 0.643. The van der Waals surface area contributed by atoms with E-state index in [2.05, 4.69) is 23.3 Å². The van der Waals surface area contributed by atoms with Gasteiger partial charge in [-0.05, 0) is 31.4 Å². The van der Waals surface area contributed by atoms with Crippen molar-refractivity contribution in [3.63, 3.8) is 0 Å². The Morgan fingerprint density at radius 1 is 1.44 bits per heavy atom. The van der Waals surface area contributed by atoms with Crippen LogP contribution in [-0.4, -0.2) is 31.3 Å². The van der Waals surface area contributed by atoms with Gasteiger partial charge in [-0.1, -0.05) is 13.0 Å². The molecule has 0 spiro atoms. The summed E-state index contributed by atoms with van der Waals surface area (Å²) < 4.78 is 11.2. The van der Waals surface area contributed by atoms with Crippen LogP contribution in [0.2, 0.25) is 0 Å². The van der Waals surface area contributed by atoms with Crippen LogP contribution in [0.1, 0.15) is 25.3 Å². The second-order valence-electron chi connectivity index (χ2n) is 4.61. The van der Waals surface area contributed by atoms with Crippen molar-refractivity contribution in [1.29, 1.82) is 0 Å². The van der Waals surface area contributed by atoms with E-state index in [0.717, 1.165) is 57.2 Å². The number of hydrogen-bond acceptors (Lipinski definition) is 4. The van der Waals surface area contributed by atoms with Gasteiger partial charge in [0.2, 0.25) is 5.88 Å². The molecule has 0 bridgehead atoms. The van der Waals surface area contributed by atoms with Crippen molar-refractivity contribution in [2.75, 3.05) is 26.4 Å². The third-order valence-corrected chi connectivity index (χ3v) is 3.21. The molecule has 1 saturated heterocycles. The summed E-state index contributed by atoms with van der Waals surface area (Å²) in [6, 6.07) is 4.02. The number of pyridine rings is 1.